The summed E-state index contributed by atoms with van der Waals surface area (Å²) in [6.07, 6.45) is 6.84. The summed E-state index contributed by atoms with van der Waals surface area (Å²) in [4.78, 5) is 20.4. The molecule has 2 heterocycles. The second-order valence-electron chi connectivity index (χ2n) is 7.60. The molecule has 0 spiro atoms. The van der Waals surface area contributed by atoms with E-state index in [2.05, 4.69) is 46.6 Å². The average Bonchev–Trinajstić information content (AvgIpc) is 3.26. The van der Waals surface area contributed by atoms with Gasteiger partial charge in [0.15, 0.2) is 0 Å². The average molecular weight is 414 g/mol. The lowest BCUT2D eigenvalue weighted by atomic mass is 9.87. The number of hydrogen-bond donors (Lipinski definition) is 2. The Morgan fingerprint density at radius 1 is 1.10 bits per heavy atom. The molecule has 0 radical (unpaired) electrons. The zero-order valence-electron chi connectivity index (χ0n) is 17.9. The predicted octanol–water partition coefficient (Wildman–Crippen LogP) is 4.97. The lowest BCUT2D eigenvalue weighted by Gasteiger charge is -2.18. The first-order chi connectivity index (χ1) is 15.2. The molecule has 158 valence electrons. The van der Waals surface area contributed by atoms with E-state index >= 15 is 0 Å². The van der Waals surface area contributed by atoms with Gasteiger partial charge in [-0.2, -0.15) is 0 Å². The van der Waals surface area contributed by atoms with Gasteiger partial charge in [-0.05, 0) is 52.9 Å². The van der Waals surface area contributed by atoms with Crippen molar-refractivity contribution in [3.63, 3.8) is 0 Å². The van der Waals surface area contributed by atoms with Crippen molar-refractivity contribution in [1.82, 2.24) is 15.3 Å². The number of para-hydroxylation sites is 1. The third-order valence-corrected chi connectivity index (χ3v) is 5.74. The first-order valence-electron chi connectivity index (χ1n) is 10.6. The number of ether oxygens (including phenoxy) is 1. The van der Waals surface area contributed by atoms with Gasteiger partial charge in [0.1, 0.15) is 5.75 Å². The number of aromatic amines is 1. The van der Waals surface area contributed by atoms with Gasteiger partial charge in [0.2, 0.25) is 5.91 Å². The molecule has 0 saturated heterocycles. The zero-order chi connectivity index (χ0) is 21.6. The van der Waals surface area contributed by atoms with Crippen LogP contribution in [0.2, 0.25) is 0 Å². The minimum absolute atomic E-state index is 0.0126. The van der Waals surface area contributed by atoms with Crippen LogP contribution in [-0.2, 0) is 17.8 Å². The van der Waals surface area contributed by atoms with Gasteiger partial charge in [-0.25, -0.2) is 0 Å². The smallest absolute Gasteiger partial charge is 0.221 e. The Morgan fingerprint density at radius 3 is 2.58 bits per heavy atom. The maximum absolute atomic E-state index is 12.9. The van der Waals surface area contributed by atoms with E-state index in [0.717, 1.165) is 34.4 Å². The molecule has 4 aromatic rings. The number of aromatic nitrogens is 2. The number of H-pyrrole nitrogens is 1. The molecule has 5 heteroatoms. The number of pyridine rings is 1. The number of amides is 1. The zero-order valence-corrected chi connectivity index (χ0v) is 17.9. The molecule has 0 bridgehead atoms. The summed E-state index contributed by atoms with van der Waals surface area (Å²) in [5, 5.41) is 4.22. The van der Waals surface area contributed by atoms with E-state index in [1.165, 1.54) is 10.9 Å². The number of rotatable bonds is 8. The highest BCUT2D eigenvalue weighted by Gasteiger charge is 2.22. The molecule has 0 aliphatic rings. The van der Waals surface area contributed by atoms with Crippen LogP contribution < -0.4 is 10.1 Å². The van der Waals surface area contributed by atoms with Crippen LogP contribution in [0.3, 0.4) is 0 Å². The topological polar surface area (TPSA) is 67.0 Å². The molecule has 1 amide bonds. The molecule has 0 fully saturated rings. The van der Waals surface area contributed by atoms with Crippen molar-refractivity contribution in [2.75, 3.05) is 7.11 Å². The highest BCUT2D eigenvalue weighted by Crippen LogP contribution is 2.35. The maximum Gasteiger partial charge on any atom is 0.221 e. The first kappa shape index (κ1) is 20.7. The van der Waals surface area contributed by atoms with Gasteiger partial charge in [-0.1, -0.05) is 37.3 Å². The van der Waals surface area contributed by atoms with Crippen LogP contribution in [0.25, 0.3) is 10.9 Å². The lowest BCUT2D eigenvalue weighted by molar-refractivity contribution is -0.121. The highest BCUT2D eigenvalue weighted by molar-refractivity contribution is 5.88. The van der Waals surface area contributed by atoms with Gasteiger partial charge < -0.3 is 15.0 Å². The Bertz CT molecular complexity index is 1150. The SMILES string of the molecule is CCc1cccc2c([C@H](CC(=O)NCc3ccncc3)c3ccc(OC)cc3)c[nH]c12. The largest absolute Gasteiger partial charge is 0.497 e. The Balaban J connectivity index is 1.64. The van der Waals surface area contributed by atoms with Crippen molar-refractivity contribution in [2.24, 2.45) is 0 Å². The van der Waals surface area contributed by atoms with Crippen molar-refractivity contribution in [3.05, 3.63) is 95.4 Å². The Labute approximate surface area is 182 Å². The van der Waals surface area contributed by atoms with Crippen molar-refractivity contribution in [3.8, 4) is 5.75 Å². The van der Waals surface area contributed by atoms with Crippen molar-refractivity contribution in [2.45, 2.75) is 32.2 Å². The van der Waals surface area contributed by atoms with E-state index in [4.69, 9.17) is 4.74 Å². The number of fused-ring (bicyclic) bond motifs is 1. The molecule has 0 aliphatic heterocycles. The van der Waals surface area contributed by atoms with Crippen LogP contribution in [0.15, 0.2) is 73.2 Å². The van der Waals surface area contributed by atoms with E-state index in [1.807, 2.05) is 36.4 Å². The van der Waals surface area contributed by atoms with Crippen LogP contribution in [0.5, 0.6) is 5.75 Å². The molecule has 2 aromatic heterocycles. The molecule has 5 nitrogen and oxygen atoms in total. The number of hydrogen-bond acceptors (Lipinski definition) is 3. The minimum Gasteiger partial charge on any atom is -0.497 e. The number of methoxy groups -OCH3 is 1. The van der Waals surface area contributed by atoms with E-state index < -0.39 is 0 Å². The molecule has 31 heavy (non-hydrogen) atoms. The summed E-state index contributed by atoms with van der Waals surface area (Å²) in [5.41, 5.74) is 5.68. The summed E-state index contributed by atoms with van der Waals surface area (Å²) >= 11 is 0. The van der Waals surface area contributed by atoms with Crippen molar-refractivity contribution < 1.29 is 9.53 Å². The summed E-state index contributed by atoms with van der Waals surface area (Å²) in [6, 6.07) is 18.2. The number of carbonyl (C=O) groups is 1. The Hall–Kier alpha value is -3.60. The van der Waals surface area contributed by atoms with Crippen LogP contribution >= 0.6 is 0 Å². The van der Waals surface area contributed by atoms with E-state index in [-0.39, 0.29) is 11.8 Å². The van der Waals surface area contributed by atoms with E-state index in [0.29, 0.717) is 13.0 Å². The molecule has 2 aromatic carbocycles. The van der Waals surface area contributed by atoms with Gasteiger partial charge >= 0.3 is 0 Å². The highest BCUT2D eigenvalue weighted by atomic mass is 16.5. The number of carbonyl (C=O) groups excluding carboxylic acids is 1. The first-order valence-corrected chi connectivity index (χ1v) is 10.6. The second kappa shape index (κ2) is 9.47. The number of benzene rings is 2. The molecular weight excluding hydrogens is 386 g/mol. The van der Waals surface area contributed by atoms with Gasteiger partial charge in [0.25, 0.3) is 0 Å². The van der Waals surface area contributed by atoms with Crippen molar-refractivity contribution in [1.29, 1.82) is 0 Å². The van der Waals surface area contributed by atoms with Crippen LogP contribution in [0, 0.1) is 0 Å². The number of nitrogens with one attached hydrogen (secondary N) is 2. The van der Waals surface area contributed by atoms with E-state index in [9.17, 15) is 4.79 Å². The minimum atomic E-state index is -0.0656. The quantitative estimate of drug-likeness (QED) is 0.428. The predicted molar refractivity (Wildman–Crippen MR) is 123 cm³/mol. The molecule has 2 N–H and O–H groups in total. The van der Waals surface area contributed by atoms with Crippen LogP contribution in [0.4, 0.5) is 0 Å². The molecule has 0 aliphatic carbocycles. The Kier molecular flexibility index (Phi) is 6.32. The third-order valence-electron chi connectivity index (χ3n) is 5.74. The fourth-order valence-electron chi connectivity index (χ4n) is 4.02. The number of aryl methyl sites for hydroxylation is 1. The van der Waals surface area contributed by atoms with Crippen LogP contribution in [0.1, 0.15) is 41.5 Å². The fraction of sp³-hybridized carbons (Fsp3) is 0.231. The Morgan fingerprint density at radius 2 is 1.87 bits per heavy atom. The molecule has 4 rings (SSSR count). The van der Waals surface area contributed by atoms with Crippen molar-refractivity contribution >= 4 is 16.8 Å². The standard InChI is InChI=1S/C26H27N3O2/c1-3-19-5-4-6-22-24(17-29-26(19)22)23(20-7-9-21(31-2)10-8-20)15-25(30)28-16-18-11-13-27-14-12-18/h4-14,17,23,29H,3,15-16H2,1-2H3,(H,28,30)/t23-/m1/s1. The molecular formula is C26H27N3O2. The summed E-state index contributed by atoms with van der Waals surface area (Å²) in [5.74, 6) is 0.750. The molecule has 0 unspecified atom stereocenters. The van der Waals surface area contributed by atoms with Crippen LogP contribution in [-0.4, -0.2) is 23.0 Å². The fourth-order valence-corrected chi connectivity index (χ4v) is 4.02. The monoisotopic (exact) mass is 413 g/mol. The van der Waals surface area contributed by atoms with Gasteiger partial charge in [-0.3, -0.25) is 9.78 Å². The molecule has 0 saturated carbocycles. The third kappa shape index (κ3) is 4.61. The van der Waals surface area contributed by atoms with Gasteiger partial charge in [-0.15, -0.1) is 0 Å². The maximum atomic E-state index is 12.9. The summed E-state index contributed by atoms with van der Waals surface area (Å²) < 4.78 is 5.32. The van der Waals surface area contributed by atoms with E-state index in [1.54, 1.807) is 19.5 Å². The lowest BCUT2D eigenvalue weighted by Crippen LogP contribution is -2.25. The second-order valence-corrected chi connectivity index (χ2v) is 7.60. The van der Waals surface area contributed by atoms with Gasteiger partial charge in [0.05, 0.1) is 7.11 Å². The summed E-state index contributed by atoms with van der Waals surface area (Å²) in [6.45, 7) is 2.65. The number of nitrogens with zero attached hydrogens (tertiary/aromatic N) is 1. The van der Waals surface area contributed by atoms with Gasteiger partial charge in [0, 0.05) is 48.4 Å². The summed E-state index contributed by atoms with van der Waals surface area (Å²) in [7, 11) is 1.66. The molecule has 1 atom stereocenters. The normalized spacial score (nSPS) is 11.9.